The molecular formula is C22H25NO2. The van der Waals surface area contributed by atoms with Crippen LogP contribution in [0, 0.1) is 0 Å². The highest BCUT2D eigenvalue weighted by Crippen LogP contribution is 2.36. The number of nitrogens with zero attached hydrogens (tertiary/aromatic N) is 1. The van der Waals surface area contributed by atoms with Gasteiger partial charge in [-0.3, -0.25) is 4.90 Å². The predicted molar refractivity (Wildman–Crippen MR) is 101 cm³/mol. The number of ether oxygens (including phenoxy) is 2. The highest BCUT2D eigenvalue weighted by atomic mass is 16.5. The standard InChI is InChI=1S/C22H25NO2/c1-24-19-8-10-20(11-9-19)25-15-14-23-13-12-22-18(16-23)7-6-17-4-2-3-5-21(17)22/h2-5,8-11H,6-7,12-16H2,1H3. The van der Waals surface area contributed by atoms with Gasteiger partial charge in [-0.15, -0.1) is 0 Å². The smallest absolute Gasteiger partial charge is 0.119 e. The molecule has 2 aromatic rings. The molecule has 0 saturated heterocycles. The summed E-state index contributed by atoms with van der Waals surface area (Å²) < 4.78 is 11.1. The second-order valence-corrected chi connectivity index (χ2v) is 6.79. The SMILES string of the molecule is COc1ccc(OCCN2CCC3=C(CCc4ccccc43)C2)cc1. The summed E-state index contributed by atoms with van der Waals surface area (Å²) in [4.78, 5) is 2.52. The van der Waals surface area contributed by atoms with Crippen LogP contribution in [0.15, 0.2) is 54.1 Å². The zero-order chi connectivity index (χ0) is 17.1. The molecule has 0 fully saturated rings. The van der Waals surface area contributed by atoms with Crippen molar-refractivity contribution in [2.45, 2.75) is 19.3 Å². The van der Waals surface area contributed by atoms with Crippen molar-refractivity contribution in [2.75, 3.05) is 33.4 Å². The van der Waals surface area contributed by atoms with Gasteiger partial charge in [-0.05, 0) is 60.2 Å². The van der Waals surface area contributed by atoms with Crippen molar-refractivity contribution in [3.63, 3.8) is 0 Å². The fourth-order valence-corrected chi connectivity index (χ4v) is 3.92. The summed E-state index contributed by atoms with van der Waals surface area (Å²) in [5.41, 5.74) is 6.26. The molecule has 2 aliphatic rings. The number of methoxy groups -OCH3 is 1. The van der Waals surface area contributed by atoms with E-state index in [1.54, 1.807) is 18.3 Å². The molecule has 0 saturated carbocycles. The van der Waals surface area contributed by atoms with Crippen LogP contribution >= 0.6 is 0 Å². The Kier molecular flexibility index (Phi) is 4.75. The van der Waals surface area contributed by atoms with Crippen LogP contribution in [0.25, 0.3) is 5.57 Å². The van der Waals surface area contributed by atoms with E-state index in [1.165, 1.54) is 24.0 Å². The van der Waals surface area contributed by atoms with Gasteiger partial charge in [0.2, 0.25) is 0 Å². The molecular weight excluding hydrogens is 310 g/mol. The van der Waals surface area contributed by atoms with Crippen molar-refractivity contribution < 1.29 is 9.47 Å². The van der Waals surface area contributed by atoms with E-state index >= 15 is 0 Å². The minimum absolute atomic E-state index is 0.728. The van der Waals surface area contributed by atoms with Gasteiger partial charge in [-0.25, -0.2) is 0 Å². The minimum atomic E-state index is 0.728. The van der Waals surface area contributed by atoms with Crippen molar-refractivity contribution >= 4 is 5.57 Å². The summed E-state index contributed by atoms with van der Waals surface area (Å²) >= 11 is 0. The average Bonchev–Trinajstić information content (AvgIpc) is 2.68. The Morgan fingerprint density at radius 1 is 0.920 bits per heavy atom. The number of aryl methyl sites for hydroxylation is 1. The maximum absolute atomic E-state index is 5.89. The zero-order valence-corrected chi connectivity index (χ0v) is 14.8. The maximum atomic E-state index is 5.89. The first kappa shape index (κ1) is 16.2. The first-order valence-corrected chi connectivity index (χ1v) is 9.12. The number of hydrogen-bond acceptors (Lipinski definition) is 3. The average molecular weight is 335 g/mol. The lowest BCUT2D eigenvalue weighted by Gasteiger charge is -2.34. The molecule has 0 bridgehead atoms. The highest BCUT2D eigenvalue weighted by molar-refractivity contribution is 5.74. The third-order valence-corrected chi connectivity index (χ3v) is 5.29. The third-order valence-electron chi connectivity index (χ3n) is 5.29. The van der Waals surface area contributed by atoms with Gasteiger partial charge >= 0.3 is 0 Å². The topological polar surface area (TPSA) is 21.7 Å². The lowest BCUT2D eigenvalue weighted by atomic mass is 9.82. The van der Waals surface area contributed by atoms with Crippen LogP contribution in [-0.4, -0.2) is 38.3 Å². The van der Waals surface area contributed by atoms with E-state index in [1.807, 2.05) is 24.3 Å². The first-order valence-electron chi connectivity index (χ1n) is 9.12. The normalized spacial score (nSPS) is 17.0. The second-order valence-electron chi connectivity index (χ2n) is 6.79. The van der Waals surface area contributed by atoms with Crippen LogP contribution in [0.3, 0.4) is 0 Å². The Labute approximate surface area is 149 Å². The Balaban J connectivity index is 1.33. The molecule has 0 atom stereocenters. The molecule has 0 N–H and O–H groups in total. The van der Waals surface area contributed by atoms with E-state index < -0.39 is 0 Å². The lowest BCUT2D eigenvalue weighted by molar-refractivity contribution is 0.216. The molecule has 1 aliphatic carbocycles. The van der Waals surface area contributed by atoms with E-state index in [0.717, 1.165) is 44.2 Å². The number of rotatable bonds is 5. The Morgan fingerprint density at radius 3 is 2.56 bits per heavy atom. The third kappa shape index (κ3) is 3.57. The van der Waals surface area contributed by atoms with Crippen LogP contribution in [-0.2, 0) is 6.42 Å². The van der Waals surface area contributed by atoms with Gasteiger partial charge in [0.25, 0.3) is 0 Å². The summed E-state index contributed by atoms with van der Waals surface area (Å²) in [6.07, 6.45) is 3.56. The van der Waals surface area contributed by atoms with E-state index in [2.05, 4.69) is 29.2 Å². The summed E-state index contributed by atoms with van der Waals surface area (Å²) in [5.74, 6) is 1.77. The molecule has 4 rings (SSSR count). The molecule has 0 radical (unpaired) electrons. The molecule has 1 heterocycles. The quantitative estimate of drug-likeness (QED) is 0.818. The summed E-state index contributed by atoms with van der Waals surface area (Å²) in [6.45, 7) is 3.92. The van der Waals surface area contributed by atoms with E-state index in [0.29, 0.717) is 0 Å². The van der Waals surface area contributed by atoms with Gasteiger partial charge < -0.3 is 9.47 Å². The van der Waals surface area contributed by atoms with E-state index in [-0.39, 0.29) is 0 Å². The van der Waals surface area contributed by atoms with Crippen LogP contribution in [0.4, 0.5) is 0 Å². The van der Waals surface area contributed by atoms with Crippen molar-refractivity contribution in [1.82, 2.24) is 4.90 Å². The number of fused-ring (bicyclic) bond motifs is 2. The molecule has 0 aromatic heterocycles. The summed E-state index contributed by atoms with van der Waals surface area (Å²) in [7, 11) is 1.68. The van der Waals surface area contributed by atoms with Crippen LogP contribution < -0.4 is 9.47 Å². The van der Waals surface area contributed by atoms with Crippen molar-refractivity contribution in [2.24, 2.45) is 0 Å². The summed E-state index contributed by atoms with van der Waals surface area (Å²) in [5, 5.41) is 0. The van der Waals surface area contributed by atoms with Crippen LogP contribution in [0.2, 0.25) is 0 Å². The van der Waals surface area contributed by atoms with E-state index in [9.17, 15) is 0 Å². The molecule has 2 aromatic carbocycles. The van der Waals surface area contributed by atoms with Crippen LogP contribution in [0.5, 0.6) is 11.5 Å². The minimum Gasteiger partial charge on any atom is -0.497 e. The van der Waals surface area contributed by atoms with Crippen molar-refractivity contribution in [1.29, 1.82) is 0 Å². The molecule has 25 heavy (non-hydrogen) atoms. The molecule has 3 heteroatoms. The second kappa shape index (κ2) is 7.32. The largest absolute Gasteiger partial charge is 0.497 e. The van der Waals surface area contributed by atoms with Gasteiger partial charge in [0.05, 0.1) is 7.11 Å². The van der Waals surface area contributed by atoms with Crippen molar-refractivity contribution in [3.8, 4) is 11.5 Å². The number of benzene rings is 2. The lowest BCUT2D eigenvalue weighted by Crippen LogP contribution is -2.35. The molecule has 130 valence electrons. The monoisotopic (exact) mass is 335 g/mol. The molecule has 0 spiro atoms. The van der Waals surface area contributed by atoms with E-state index in [4.69, 9.17) is 9.47 Å². The Morgan fingerprint density at radius 2 is 1.72 bits per heavy atom. The van der Waals surface area contributed by atoms with Crippen molar-refractivity contribution in [3.05, 3.63) is 65.2 Å². The van der Waals surface area contributed by atoms with Gasteiger partial charge in [0.15, 0.2) is 0 Å². The molecule has 0 amide bonds. The van der Waals surface area contributed by atoms with Gasteiger partial charge in [-0.2, -0.15) is 0 Å². The Hall–Kier alpha value is -2.26. The first-order chi connectivity index (χ1) is 12.3. The number of hydrogen-bond donors (Lipinski definition) is 0. The van der Waals surface area contributed by atoms with Gasteiger partial charge in [0.1, 0.15) is 18.1 Å². The Bertz CT molecular complexity index is 764. The molecule has 0 unspecified atom stereocenters. The molecule has 3 nitrogen and oxygen atoms in total. The zero-order valence-electron chi connectivity index (χ0n) is 14.8. The predicted octanol–water partition coefficient (Wildman–Crippen LogP) is 4.18. The fraction of sp³-hybridized carbons (Fsp3) is 0.364. The van der Waals surface area contributed by atoms with Crippen LogP contribution in [0.1, 0.15) is 24.0 Å². The fourth-order valence-electron chi connectivity index (χ4n) is 3.92. The molecule has 1 aliphatic heterocycles. The van der Waals surface area contributed by atoms with Gasteiger partial charge in [0, 0.05) is 19.6 Å². The highest BCUT2D eigenvalue weighted by Gasteiger charge is 2.24. The summed E-state index contributed by atoms with van der Waals surface area (Å²) in [6, 6.07) is 16.7. The van der Waals surface area contributed by atoms with Gasteiger partial charge in [-0.1, -0.05) is 29.8 Å². The maximum Gasteiger partial charge on any atom is 0.119 e.